The Bertz CT molecular complexity index is 409. The Kier molecular flexibility index (Phi) is 5.21. The van der Waals surface area contributed by atoms with Gasteiger partial charge >= 0.3 is 0 Å². The van der Waals surface area contributed by atoms with Gasteiger partial charge in [0.15, 0.2) is 0 Å². The van der Waals surface area contributed by atoms with Crippen molar-refractivity contribution in [3.63, 3.8) is 0 Å². The van der Waals surface area contributed by atoms with Gasteiger partial charge in [0.05, 0.1) is 35.7 Å². The molecule has 5 nitrogen and oxygen atoms in total. The number of nitrogens with zero attached hydrogens (tertiary/aromatic N) is 3. The highest BCUT2D eigenvalue weighted by molar-refractivity contribution is 6.31. The number of hydrogen-bond acceptors (Lipinski definition) is 4. The molecule has 2 rings (SSSR count). The lowest BCUT2D eigenvalue weighted by Gasteiger charge is -2.35. The van der Waals surface area contributed by atoms with Crippen LogP contribution in [0.5, 0.6) is 0 Å². The van der Waals surface area contributed by atoms with Gasteiger partial charge in [-0.25, -0.2) is 0 Å². The van der Waals surface area contributed by atoms with Crippen LogP contribution in [-0.2, 0) is 11.3 Å². The highest BCUT2D eigenvalue weighted by Gasteiger charge is 2.31. The molecule has 0 bridgehead atoms. The molecule has 2 atom stereocenters. The van der Waals surface area contributed by atoms with E-state index in [0.717, 1.165) is 38.5 Å². The van der Waals surface area contributed by atoms with Gasteiger partial charge in [0, 0.05) is 19.6 Å². The lowest BCUT2D eigenvalue weighted by Crippen LogP contribution is -2.47. The minimum absolute atomic E-state index is 0.0858. The Balaban J connectivity index is 2.25. The molecule has 0 amide bonds. The molecular formula is C13H23ClN4O. The molecule has 0 aromatic carbocycles. The average Bonchev–Trinajstić information content (AvgIpc) is 2.77. The van der Waals surface area contributed by atoms with E-state index in [2.05, 4.69) is 36.2 Å². The largest absolute Gasteiger partial charge is 0.374 e. The molecule has 2 unspecified atom stereocenters. The number of likely N-dealkylation sites (N-methyl/N-ethyl adjacent to an activating group) is 2. The molecule has 19 heavy (non-hydrogen) atoms. The average molecular weight is 287 g/mol. The van der Waals surface area contributed by atoms with E-state index in [0.29, 0.717) is 5.02 Å². The fourth-order valence-electron chi connectivity index (χ4n) is 2.57. The maximum atomic E-state index is 6.32. The Labute approximate surface area is 119 Å². The second-order valence-corrected chi connectivity index (χ2v) is 5.31. The standard InChI is InChI=1S/C13H23ClN4O/c1-4-15-12(11-9-17(3)6-7-19-11)13-10(14)8-16-18(13)5-2/h8,11-12,15H,4-7,9H2,1-3H3. The van der Waals surface area contributed by atoms with Crippen molar-refractivity contribution in [2.75, 3.05) is 33.3 Å². The molecule has 0 radical (unpaired) electrons. The monoisotopic (exact) mass is 286 g/mol. The third kappa shape index (κ3) is 3.28. The molecule has 2 heterocycles. The summed E-state index contributed by atoms with van der Waals surface area (Å²) in [6.45, 7) is 8.51. The third-order valence-corrected chi connectivity index (χ3v) is 3.81. The van der Waals surface area contributed by atoms with Crippen molar-refractivity contribution in [1.82, 2.24) is 20.0 Å². The maximum absolute atomic E-state index is 6.32. The summed E-state index contributed by atoms with van der Waals surface area (Å²) in [4.78, 5) is 2.29. The van der Waals surface area contributed by atoms with E-state index in [1.165, 1.54) is 0 Å². The summed E-state index contributed by atoms with van der Waals surface area (Å²) in [5, 5.41) is 8.53. The topological polar surface area (TPSA) is 42.3 Å². The number of ether oxygens (including phenoxy) is 1. The second-order valence-electron chi connectivity index (χ2n) is 4.90. The van der Waals surface area contributed by atoms with Crippen LogP contribution < -0.4 is 5.32 Å². The van der Waals surface area contributed by atoms with Crippen LogP contribution in [0.3, 0.4) is 0 Å². The number of morpholine rings is 1. The van der Waals surface area contributed by atoms with E-state index in [9.17, 15) is 0 Å². The minimum Gasteiger partial charge on any atom is -0.374 e. The first kappa shape index (κ1) is 14.8. The van der Waals surface area contributed by atoms with E-state index in [1.807, 2.05) is 4.68 Å². The van der Waals surface area contributed by atoms with E-state index >= 15 is 0 Å². The molecule has 108 valence electrons. The summed E-state index contributed by atoms with van der Waals surface area (Å²) in [6.07, 6.45) is 1.83. The number of aromatic nitrogens is 2. The Morgan fingerprint density at radius 1 is 1.58 bits per heavy atom. The quantitative estimate of drug-likeness (QED) is 0.892. The number of hydrogen-bond donors (Lipinski definition) is 1. The number of halogens is 1. The highest BCUT2D eigenvalue weighted by atomic mass is 35.5. The van der Waals surface area contributed by atoms with Crippen molar-refractivity contribution >= 4 is 11.6 Å². The first-order chi connectivity index (χ1) is 9.17. The molecule has 0 spiro atoms. The highest BCUT2D eigenvalue weighted by Crippen LogP contribution is 2.28. The second kappa shape index (κ2) is 6.70. The molecule has 1 aromatic rings. The lowest BCUT2D eigenvalue weighted by molar-refractivity contribution is -0.0404. The van der Waals surface area contributed by atoms with Crippen molar-refractivity contribution in [2.45, 2.75) is 32.5 Å². The predicted octanol–water partition coefficient (Wildman–Crippen LogP) is 1.54. The molecule has 1 aliphatic heterocycles. The third-order valence-electron chi connectivity index (χ3n) is 3.52. The number of rotatable bonds is 5. The zero-order chi connectivity index (χ0) is 13.8. The normalized spacial score (nSPS) is 22.6. The molecule has 6 heteroatoms. The van der Waals surface area contributed by atoms with Crippen LogP contribution >= 0.6 is 11.6 Å². The molecule has 1 aromatic heterocycles. The van der Waals surface area contributed by atoms with Gasteiger partial charge in [-0.3, -0.25) is 4.68 Å². The zero-order valence-corrected chi connectivity index (χ0v) is 12.7. The van der Waals surface area contributed by atoms with Crippen molar-refractivity contribution in [2.24, 2.45) is 0 Å². The molecule has 1 fully saturated rings. The minimum atomic E-state index is 0.0858. The van der Waals surface area contributed by atoms with Crippen LogP contribution in [0, 0.1) is 0 Å². The molecular weight excluding hydrogens is 264 g/mol. The van der Waals surface area contributed by atoms with Crippen LogP contribution in [0.25, 0.3) is 0 Å². The molecule has 0 aliphatic carbocycles. The van der Waals surface area contributed by atoms with Crippen LogP contribution in [0.15, 0.2) is 6.20 Å². The smallest absolute Gasteiger partial charge is 0.0912 e. The van der Waals surface area contributed by atoms with Crippen molar-refractivity contribution in [3.05, 3.63) is 16.9 Å². The van der Waals surface area contributed by atoms with Crippen molar-refractivity contribution in [3.8, 4) is 0 Å². The van der Waals surface area contributed by atoms with Crippen LogP contribution in [0.2, 0.25) is 5.02 Å². The van der Waals surface area contributed by atoms with Crippen molar-refractivity contribution < 1.29 is 4.74 Å². The lowest BCUT2D eigenvalue weighted by atomic mass is 10.1. The number of aryl methyl sites for hydroxylation is 1. The summed E-state index contributed by atoms with van der Waals surface area (Å²) in [5.74, 6) is 0. The first-order valence-electron chi connectivity index (χ1n) is 6.92. The first-order valence-corrected chi connectivity index (χ1v) is 7.29. The van der Waals surface area contributed by atoms with Crippen molar-refractivity contribution in [1.29, 1.82) is 0 Å². The Morgan fingerprint density at radius 2 is 2.37 bits per heavy atom. The molecule has 0 saturated carbocycles. The zero-order valence-electron chi connectivity index (χ0n) is 11.9. The summed E-state index contributed by atoms with van der Waals surface area (Å²) in [7, 11) is 2.12. The molecule has 1 aliphatic rings. The summed E-state index contributed by atoms with van der Waals surface area (Å²) < 4.78 is 7.89. The van der Waals surface area contributed by atoms with E-state index < -0.39 is 0 Å². The van der Waals surface area contributed by atoms with Gasteiger partial charge < -0.3 is 15.0 Å². The number of nitrogens with one attached hydrogen (secondary N) is 1. The summed E-state index contributed by atoms with van der Waals surface area (Å²) in [6, 6.07) is 0.0858. The van der Waals surface area contributed by atoms with E-state index in [-0.39, 0.29) is 12.1 Å². The Hall–Kier alpha value is -0.620. The van der Waals surface area contributed by atoms with Crippen LogP contribution in [0.1, 0.15) is 25.6 Å². The summed E-state index contributed by atoms with van der Waals surface area (Å²) in [5.41, 5.74) is 1.03. The van der Waals surface area contributed by atoms with Gasteiger partial charge in [0.2, 0.25) is 0 Å². The van der Waals surface area contributed by atoms with Gasteiger partial charge in [-0.1, -0.05) is 18.5 Å². The molecule has 1 N–H and O–H groups in total. The van der Waals surface area contributed by atoms with E-state index in [4.69, 9.17) is 16.3 Å². The van der Waals surface area contributed by atoms with Gasteiger partial charge in [0.25, 0.3) is 0 Å². The Morgan fingerprint density at radius 3 is 3.00 bits per heavy atom. The summed E-state index contributed by atoms with van der Waals surface area (Å²) >= 11 is 6.32. The van der Waals surface area contributed by atoms with Gasteiger partial charge in [0.1, 0.15) is 0 Å². The predicted molar refractivity (Wildman–Crippen MR) is 76.6 cm³/mol. The van der Waals surface area contributed by atoms with Crippen LogP contribution in [0.4, 0.5) is 0 Å². The molecule has 1 saturated heterocycles. The van der Waals surface area contributed by atoms with E-state index in [1.54, 1.807) is 6.20 Å². The van der Waals surface area contributed by atoms with Gasteiger partial charge in [-0.05, 0) is 20.5 Å². The maximum Gasteiger partial charge on any atom is 0.0912 e. The van der Waals surface area contributed by atoms with Crippen LogP contribution in [-0.4, -0.2) is 54.1 Å². The van der Waals surface area contributed by atoms with Gasteiger partial charge in [-0.2, -0.15) is 5.10 Å². The fraction of sp³-hybridized carbons (Fsp3) is 0.769. The SMILES string of the molecule is CCNC(c1c(Cl)cnn1CC)C1CN(C)CCO1. The van der Waals surface area contributed by atoms with Gasteiger partial charge in [-0.15, -0.1) is 0 Å². The fourth-order valence-corrected chi connectivity index (χ4v) is 2.83.